The maximum atomic E-state index is 10.5. The molecule has 34 heavy (non-hydrogen) atoms. The highest BCUT2D eigenvalue weighted by atomic mass is 35.5. The molecule has 10 heteroatoms. The zero-order valence-electron chi connectivity index (χ0n) is 19.3. The second-order valence-corrected chi connectivity index (χ2v) is 11.1. The molecular weight excluding hydrogens is 474 g/mol. The second kappa shape index (κ2) is 9.81. The van der Waals surface area contributed by atoms with Gasteiger partial charge < -0.3 is 9.73 Å². The van der Waals surface area contributed by atoms with Gasteiger partial charge in [-0.25, -0.2) is 4.98 Å². The van der Waals surface area contributed by atoms with Crippen molar-refractivity contribution in [2.24, 2.45) is 0 Å². The largest absolute Gasteiger partial charge is 0.415 e. The van der Waals surface area contributed by atoms with Crippen molar-refractivity contribution in [1.82, 2.24) is 25.5 Å². The van der Waals surface area contributed by atoms with Gasteiger partial charge in [0.05, 0.1) is 27.5 Å². The first-order valence-electron chi connectivity index (χ1n) is 10.7. The van der Waals surface area contributed by atoms with Crippen LogP contribution < -0.4 is 5.32 Å². The van der Waals surface area contributed by atoms with Crippen molar-refractivity contribution in [3.63, 3.8) is 0 Å². The summed E-state index contributed by atoms with van der Waals surface area (Å²) >= 11 is 6.41. The Balaban J connectivity index is 1.65. The number of nitrogens with zero attached hydrogens (tertiary/aromatic N) is 4. The van der Waals surface area contributed by atoms with E-state index in [1.165, 1.54) is 0 Å². The van der Waals surface area contributed by atoms with E-state index in [1.807, 2.05) is 38.2 Å². The Morgan fingerprint density at radius 2 is 1.71 bits per heavy atom. The van der Waals surface area contributed by atoms with Gasteiger partial charge in [0.15, 0.2) is 0 Å². The van der Waals surface area contributed by atoms with Gasteiger partial charge in [-0.3, -0.25) is 14.1 Å². The molecule has 0 amide bonds. The fourth-order valence-corrected chi connectivity index (χ4v) is 5.00. The lowest BCUT2D eigenvalue weighted by Gasteiger charge is -2.37. The van der Waals surface area contributed by atoms with E-state index in [9.17, 15) is 9.11 Å². The zero-order valence-corrected chi connectivity index (χ0v) is 20.9. The Labute approximate surface area is 204 Å². The molecule has 0 aliphatic carbocycles. The van der Waals surface area contributed by atoms with Crippen LogP contribution in [0.15, 0.2) is 58.0 Å². The number of benzene rings is 2. The number of aryl methyl sites for hydroxylation is 1. The SMILES string of the molecule is CNCc1ccc(-c2nnc(-c3nc(-c4ccc(S(O)(O)C(C)C)c(Cl)c4)cnc3C)o2)cc1. The molecule has 0 saturated heterocycles. The third-order valence-corrected chi connectivity index (χ3v) is 8.12. The molecule has 4 rings (SSSR count). The molecule has 0 fully saturated rings. The van der Waals surface area contributed by atoms with Crippen LogP contribution in [0.2, 0.25) is 5.02 Å². The molecule has 178 valence electrons. The van der Waals surface area contributed by atoms with Gasteiger partial charge >= 0.3 is 0 Å². The van der Waals surface area contributed by atoms with Crippen LogP contribution in [0.4, 0.5) is 0 Å². The Kier molecular flexibility index (Phi) is 7.01. The predicted octanol–water partition coefficient (Wildman–Crippen LogP) is 6.06. The molecule has 0 aliphatic rings. The van der Waals surface area contributed by atoms with Gasteiger partial charge in [0.25, 0.3) is 5.89 Å². The molecule has 0 aliphatic heterocycles. The van der Waals surface area contributed by atoms with Crippen LogP contribution in [0, 0.1) is 6.92 Å². The standard InChI is InChI=1S/C24H26ClN5O3S/c1-14(2)34(31,32)21-10-9-18(11-19(21)25)20-13-27-15(3)22(28-20)24-30-29-23(33-24)17-7-5-16(6-8-17)12-26-4/h5-11,13-14,26,31-32H,12H2,1-4H3. The lowest BCUT2D eigenvalue weighted by molar-refractivity contribution is 0.476. The second-order valence-electron chi connectivity index (χ2n) is 8.12. The van der Waals surface area contributed by atoms with Crippen molar-refractivity contribution in [3.05, 3.63) is 64.9 Å². The Morgan fingerprint density at radius 1 is 1.03 bits per heavy atom. The molecule has 2 aromatic carbocycles. The smallest absolute Gasteiger partial charge is 0.268 e. The first-order chi connectivity index (χ1) is 16.2. The molecule has 0 atom stereocenters. The molecule has 0 unspecified atom stereocenters. The summed E-state index contributed by atoms with van der Waals surface area (Å²) in [6, 6.07) is 12.9. The topological polar surface area (TPSA) is 117 Å². The Hall–Kier alpha value is -2.82. The maximum Gasteiger partial charge on any atom is 0.268 e. The Bertz CT molecular complexity index is 1310. The quantitative estimate of drug-likeness (QED) is 0.281. The average molecular weight is 500 g/mol. The fourth-order valence-electron chi connectivity index (χ4n) is 3.35. The molecule has 0 bridgehead atoms. The van der Waals surface area contributed by atoms with E-state index in [0.717, 1.165) is 17.7 Å². The summed E-state index contributed by atoms with van der Waals surface area (Å²) in [4.78, 5) is 9.44. The van der Waals surface area contributed by atoms with Crippen molar-refractivity contribution < 1.29 is 13.5 Å². The van der Waals surface area contributed by atoms with Gasteiger partial charge in [-0.2, -0.15) is 10.6 Å². The van der Waals surface area contributed by atoms with Crippen LogP contribution in [0.1, 0.15) is 25.1 Å². The van der Waals surface area contributed by atoms with E-state index in [2.05, 4.69) is 25.5 Å². The zero-order chi connectivity index (χ0) is 24.5. The summed E-state index contributed by atoms with van der Waals surface area (Å²) in [5, 5.41) is 11.4. The summed E-state index contributed by atoms with van der Waals surface area (Å²) in [6.45, 7) is 6.08. The van der Waals surface area contributed by atoms with Gasteiger partial charge in [-0.15, -0.1) is 10.2 Å². The van der Waals surface area contributed by atoms with Crippen molar-refractivity contribution in [2.45, 2.75) is 37.5 Å². The van der Waals surface area contributed by atoms with Crippen molar-refractivity contribution in [2.75, 3.05) is 7.05 Å². The summed E-state index contributed by atoms with van der Waals surface area (Å²) in [6.07, 6.45) is 1.63. The first kappa shape index (κ1) is 24.3. The summed E-state index contributed by atoms with van der Waals surface area (Å²) < 4.78 is 26.8. The van der Waals surface area contributed by atoms with E-state index in [-0.39, 0.29) is 16.2 Å². The normalized spacial score (nSPS) is 12.4. The highest BCUT2D eigenvalue weighted by Crippen LogP contribution is 2.55. The molecule has 0 saturated carbocycles. The van der Waals surface area contributed by atoms with Crippen LogP contribution in [-0.4, -0.2) is 41.6 Å². The lowest BCUT2D eigenvalue weighted by Crippen LogP contribution is -2.11. The summed E-state index contributed by atoms with van der Waals surface area (Å²) in [5.41, 5.74) is 4.30. The Morgan fingerprint density at radius 3 is 2.35 bits per heavy atom. The summed E-state index contributed by atoms with van der Waals surface area (Å²) in [5.74, 6) is 0.654. The van der Waals surface area contributed by atoms with Gasteiger partial charge in [0.1, 0.15) is 5.69 Å². The van der Waals surface area contributed by atoms with Crippen LogP contribution in [0.25, 0.3) is 34.3 Å². The highest BCUT2D eigenvalue weighted by Gasteiger charge is 2.24. The van der Waals surface area contributed by atoms with Gasteiger partial charge in [-0.05, 0) is 57.6 Å². The molecule has 0 radical (unpaired) electrons. The number of hydrogen-bond acceptors (Lipinski definition) is 8. The van der Waals surface area contributed by atoms with E-state index >= 15 is 0 Å². The molecule has 8 nitrogen and oxygen atoms in total. The minimum absolute atomic E-state index is 0.261. The summed E-state index contributed by atoms with van der Waals surface area (Å²) in [7, 11) is -1.10. The predicted molar refractivity (Wildman–Crippen MR) is 135 cm³/mol. The number of halogens is 1. The minimum Gasteiger partial charge on any atom is -0.415 e. The molecule has 2 aromatic heterocycles. The number of rotatable bonds is 7. The minimum atomic E-state index is -3.00. The van der Waals surface area contributed by atoms with E-state index in [0.29, 0.717) is 33.4 Å². The number of aromatic nitrogens is 4. The number of hydrogen-bond donors (Lipinski definition) is 3. The van der Waals surface area contributed by atoms with Crippen LogP contribution in [0.5, 0.6) is 0 Å². The van der Waals surface area contributed by atoms with E-state index in [1.54, 1.807) is 38.2 Å². The molecule has 3 N–H and O–H groups in total. The molecule has 2 heterocycles. The third kappa shape index (κ3) is 4.84. The lowest BCUT2D eigenvalue weighted by atomic mass is 10.1. The van der Waals surface area contributed by atoms with Gasteiger partial charge in [0, 0.05) is 22.9 Å². The number of nitrogens with one attached hydrogen (secondary N) is 1. The van der Waals surface area contributed by atoms with Gasteiger partial charge in [-0.1, -0.05) is 29.8 Å². The van der Waals surface area contributed by atoms with Gasteiger partial charge in [0.2, 0.25) is 5.89 Å². The van der Waals surface area contributed by atoms with Crippen molar-refractivity contribution >= 4 is 22.2 Å². The van der Waals surface area contributed by atoms with Crippen LogP contribution in [0.3, 0.4) is 0 Å². The van der Waals surface area contributed by atoms with Crippen LogP contribution in [-0.2, 0) is 6.54 Å². The molecule has 4 aromatic rings. The van der Waals surface area contributed by atoms with Crippen LogP contribution >= 0.6 is 22.2 Å². The monoisotopic (exact) mass is 499 g/mol. The average Bonchev–Trinajstić information content (AvgIpc) is 3.30. The van der Waals surface area contributed by atoms with E-state index in [4.69, 9.17) is 16.0 Å². The van der Waals surface area contributed by atoms with Crippen molar-refractivity contribution in [1.29, 1.82) is 0 Å². The molecular formula is C24H26ClN5O3S. The molecule has 0 spiro atoms. The fraction of sp³-hybridized carbons (Fsp3) is 0.250. The van der Waals surface area contributed by atoms with E-state index < -0.39 is 10.6 Å². The first-order valence-corrected chi connectivity index (χ1v) is 12.7. The van der Waals surface area contributed by atoms with Crippen molar-refractivity contribution in [3.8, 4) is 34.3 Å². The third-order valence-electron chi connectivity index (χ3n) is 5.37. The maximum absolute atomic E-state index is 10.5. The highest BCUT2D eigenvalue weighted by molar-refractivity contribution is 8.24.